The first-order valence-electron chi connectivity index (χ1n) is 5.41. The molecule has 0 aliphatic carbocycles. The maximum atomic E-state index is 5.73. The Balaban J connectivity index is 2.68. The summed E-state index contributed by atoms with van der Waals surface area (Å²) in [6, 6.07) is 13.0. The van der Waals surface area contributed by atoms with Gasteiger partial charge < -0.3 is 5.73 Å². The van der Waals surface area contributed by atoms with Gasteiger partial charge in [-0.15, -0.1) is 0 Å². The van der Waals surface area contributed by atoms with Gasteiger partial charge in [0.25, 0.3) is 0 Å². The molecule has 1 atom stereocenters. The maximum absolute atomic E-state index is 5.73. The third-order valence-electron chi connectivity index (χ3n) is 2.96. The molecule has 1 heteroatoms. The highest BCUT2D eigenvalue weighted by Gasteiger charge is 2.07. The largest absolute Gasteiger partial charge is 0.330 e. The number of rotatable bonds is 2. The third kappa shape index (κ3) is 1.88. The second-order valence-corrected chi connectivity index (χ2v) is 4.21. The van der Waals surface area contributed by atoms with E-state index in [0.717, 1.165) is 0 Å². The molecule has 2 N–H and O–H groups in total. The zero-order valence-electron chi connectivity index (χ0n) is 9.33. The van der Waals surface area contributed by atoms with Crippen molar-refractivity contribution in [2.45, 2.75) is 19.8 Å². The van der Waals surface area contributed by atoms with Gasteiger partial charge in [-0.2, -0.15) is 0 Å². The number of hydrogen-bond acceptors (Lipinski definition) is 1. The minimum atomic E-state index is 0.426. The average Bonchev–Trinajstić information content (AvgIpc) is 2.27. The lowest BCUT2D eigenvalue weighted by molar-refractivity contribution is 0.781. The predicted molar refractivity (Wildman–Crippen MR) is 66.2 cm³/mol. The summed E-state index contributed by atoms with van der Waals surface area (Å²) < 4.78 is 0. The standard InChI is InChI=1S/C14H17N/c1-10-6-7-12-4-3-5-13(11(2)9-15)14(12)8-10/h3-8,11H,9,15H2,1-2H3. The first-order chi connectivity index (χ1) is 7.22. The van der Waals surface area contributed by atoms with E-state index in [2.05, 4.69) is 50.2 Å². The van der Waals surface area contributed by atoms with Gasteiger partial charge in [-0.05, 0) is 35.7 Å². The van der Waals surface area contributed by atoms with Crippen molar-refractivity contribution in [3.05, 3.63) is 47.5 Å². The van der Waals surface area contributed by atoms with Crippen molar-refractivity contribution in [2.24, 2.45) is 5.73 Å². The van der Waals surface area contributed by atoms with Crippen molar-refractivity contribution in [3.8, 4) is 0 Å². The Morgan fingerprint density at radius 1 is 1.20 bits per heavy atom. The number of nitrogens with two attached hydrogens (primary N) is 1. The summed E-state index contributed by atoms with van der Waals surface area (Å²) in [6.07, 6.45) is 0. The van der Waals surface area contributed by atoms with E-state index in [0.29, 0.717) is 12.5 Å². The molecule has 0 spiro atoms. The summed E-state index contributed by atoms with van der Waals surface area (Å²) in [7, 11) is 0. The molecule has 0 fully saturated rings. The lowest BCUT2D eigenvalue weighted by atomic mass is 9.94. The van der Waals surface area contributed by atoms with Crippen LogP contribution in [0.25, 0.3) is 10.8 Å². The zero-order valence-corrected chi connectivity index (χ0v) is 9.33. The molecule has 0 aromatic heterocycles. The predicted octanol–water partition coefficient (Wildman–Crippen LogP) is 3.21. The summed E-state index contributed by atoms with van der Waals surface area (Å²) in [5, 5.41) is 2.65. The smallest absolute Gasteiger partial charge is 0.00107 e. The first kappa shape index (κ1) is 10.2. The SMILES string of the molecule is Cc1ccc2cccc(C(C)CN)c2c1. The maximum Gasteiger partial charge on any atom is -0.00107 e. The lowest BCUT2D eigenvalue weighted by Gasteiger charge is -2.12. The van der Waals surface area contributed by atoms with Crippen LogP contribution in [0.15, 0.2) is 36.4 Å². The molecule has 0 saturated carbocycles. The van der Waals surface area contributed by atoms with Gasteiger partial charge in [0, 0.05) is 0 Å². The molecule has 0 amide bonds. The third-order valence-corrected chi connectivity index (χ3v) is 2.96. The molecule has 15 heavy (non-hydrogen) atoms. The van der Waals surface area contributed by atoms with E-state index in [1.165, 1.54) is 21.9 Å². The average molecular weight is 199 g/mol. The van der Waals surface area contributed by atoms with E-state index in [1.54, 1.807) is 0 Å². The van der Waals surface area contributed by atoms with Gasteiger partial charge in [-0.3, -0.25) is 0 Å². The molecule has 0 radical (unpaired) electrons. The van der Waals surface area contributed by atoms with Crippen molar-refractivity contribution >= 4 is 10.8 Å². The zero-order chi connectivity index (χ0) is 10.8. The molecule has 0 bridgehead atoms. The molecule has 2 rings (SSSR count). The van der Waals surface area contributed by atoms with Gasteiger partial charge in [0.1, 0.15) is 0 Å². The molecule has 1 nitrogen and oxygen atoms in total. The number of hydrogen-bond donors (Lipinski definition) is 1. The Morgan fingerprint density at radius 2 is 2.00 bits per heavy atom. The fourth-order valence-electron chi connectivity index (χ4n) is 1.97. The Bertz CT molecular complexity index is 474. The Labute approximate surface area is 90.9 Å². The van der Waals surface area contributed by atoms with Crippen LogP contribution in [0.3, 0.4) is 0 Å². The van der Waals surface area contributed by atoms with Crippen LogP contribution in [0.4, 0.5) is 0 Å². The Hall–Kier alpha value is -1.34. The van der Waals surface area contributed by atoms with Crippen molar-refractivity contribution in [3.63, 3.8) is 0 Å². The van der Waals surface area contributed by atoms with Crippen LogP contribution in [0.1, 0.15) is 24.0 Å². The van der Waals surface area contributed by atoms with Crippen LogP contribution in [-0.4, -0.2) is 6.54 Å². The van der Waals surface area contributed by atoms with E-state index in [4.69, 9.17) is 5.73 Å². The summed E-state index contributed by atoms with van der Waals surface area (Å²) in [5.74, 6) is 0.426. The van der Waals surface area contributed by atoms with Gasteiger partial charge >= 0.3 is 0 Å². The molecule has 0 saturated heterocycles. The topological polar surface area (TPSA) is 26.0 Å². The van der Waals surface area contributed by atoms with Crippen LogP contribution >= 0.6 is 0 Å². The molecule has 78 valence electrons. The van der Waals surface area contributed by atoms with E-state index in [-0.39, 0.29) is 0 Å². The fourth-order valence-corrected chi connectivity index (χ4v) is 1.97. The highest BCUT2D eigenvalue weighted by molar-refractivity contribution is 5.86. The van der Waals surface area contributed by atoms with Crippen molar-refractivity contribution in [1.82, 2.24) is 0 Å². The van der Waals surface area contributed by atoms with E-state index >= 15 is 0 Å². The normalized spacial score (nSPS) is 13.0. The highest BCUT2D eigenvalue weighted by atomic mass is 14.5. The van der Waals surface area contributed by atoms with Gasteiger partial charge in [0.2, 0.25) is 0 Å². The molecule has 1 unspecified atom stereocenters. The van der Waals surface area contributed by atoms with Crippen LogP contribution in [-0.2, 0) is 0 Å². The number of fused-ring (bicyclic) bond motifs is 1. The van der Waals surface area contributed by atoms with Crippen LogP contribution in [0.2, 0.25) is 0 Å². The van der Waals surface area contributed by atoms with Gasteiger partial charge in [-0.25, -0.2) is 0 Å². The van der Waals surface area contributed by atoms with Gasteiger partial charge in [0.05, 0.1) is 0 Å². The second-order valence-electron chi connectivity index (χ2n) is 4.21. The molecule has 2 aromatic carbocycles. The Morgan fingerprint density at radius 3 is 2.73 bits per heavy atom. The molecular weight excluding hydrogens is 182 g/mol. The van der Waals surface area contributed by atoms with Crippen molar-refractivity contribution in [2.75, 3.05) is 6.54 Å². The lowest BCUT2D eigenvalue weighted by Crippen LogP contribution is -2.09. The van der Waals surface area contributed by atoms with Crippen molar-refractivity contribution < 1.29 is 0 Å². The van der Waals surface area contributed by atoms with Crippen LogP contribution in [0, 0.1) is 6.92 Å². The van der Waals surface area contributed by atoms with Gasteiger partial charge in [-0.1, -0.05) is 48.9 Å². The van der Waals surface area contributed by atoms with Crippen molar-refractivity contribution in [1.29, 1.82) is 0 Å². The van der Waals surface area contributed by atoms with E-state index < -0.39 is 0 Å². The summed E-state index contributed by atoms with van der Waals surface area (Å²) >= 11 is 0. The van der Waals surface area contributed by atoms with Gasteiger partial charge in [0.15, 0.2) is 0 Å². The quantitative estimate of drug-likeness (QED) is 0.789. The van der Waals surface area contributed by atoms with Crippen LogP contribution in [0.5, 0.6) is 0 Å². The fraction of sp³-hybridized carbons (Fsp3) is 0.286. The molecule has 0 heterocycles. The molecule has 0 aliphatic rings. The van der Waals surface area contributed by atoms with E-state index in [9.17, 15) is 0 Å². The summed E-state index contributed by atoms with van der Waals surface area (Å²) in [4.78, 5) is 0. The summed E-state index contributed by atoms with van der Waals surface area (Å²) in [6.45, 7) is 5.01. The minimum Gasteiger partial charge on any atom is -0.330 e. The summed E-state index contributed by atoms with van der Waals surface area (Å²) in [5.41, 5.74) is 8.40. The van der Waals surface area contributed by atoms with E-state index in [1.807, 2.05) is 0 Å². The second kappa shape index (κ2) is 4.03. The first-order valence-corrected chi connectivity index (χ1v) is 5.41. The van der Waals surface area contributed by atoms with Crippen LogP contribution < -0.4 is 5.73 Å². The highest BCUT2D eigenvalue weighted by Crippen LogP contribution is 2.25. The molecule has 0 aliphatic heterocycles. The molecule has 2 aromatic rings. The number of aryl methyl sites for hydroxylation is 1. The molecular formula is C14H17N. The minimum absolute atomic E-state index is 0.426. The monoisotopic (exact) mass is 199 g/mol. The Kier molecular flexibility index (Phi) is 2.74. The number of benzene rings is 2.